The molecule has 0 aliphatic carbocycles. The van der Waals surface area contributed by atoms with Crippen LogP contribution in [0.25, 0.3) is 0 Å². The van der Waals surface area contributed by atoms with Gasteiger partial charge in [0.1, 0.15) is 11.6 Å². The summed E-state index contributed by atoms with van der Waals surface area (Å²) < 4.78 is 12.9. The van der Waals surface area contributed by atoms with Crippen LogP contribution in [0.3, 0.4) is 0 Å². The van der Waals surface area contributed by atoms with Crippen LogP contribution < -0.4 is 5.32 Å². The first kappa shape index (κ1) is 9.46. The number of benzene rings is 1. The van der Waals surface area contributed by atoms with Gasteiger partial charge in [0.05, 0.1) is 0 Å². The molecule has 2 N–H and O–H groups in total. The third kappa shape index (κ3) is 2.04. The van der Waals surface area contributed by atoms with Crippen molar-refractivity contribution in [2.45, 2.75) is 25.3 Å². The van der Waals surface area contributed by atoms with E-state index >= 15 is 0 Å². The molecular weight excluding hydrogens is 181 g/mol. The maximum atomic E-state index is 12.9. The maximum Gasteiger partial charge on any atom is 0.123 e. The van der Waals surface area contributed by atoms with Crippen molar-refractivity contribution in [3.8, 4) is 5.75 Å². The van der Waals surface area contributed by atoms with E-state index in [-0.39, 0.29) is 11.6 Å². The summed E-state index contributed by atoms with van der Waals surface area (Å²) in [6.45, 7) is 1.03. The van der Waals surface area contributed by atoms with Gasteiger partial charge < -0.3 is 10.4 Å². The normalized spacial score (nSPS) is 21.4. The van der Waals surface area contributed by atoms with E-state index in [1.807, 2.05) is 0 Å². The summed E-state index contributed by atoms with van der Waals surface area (Å²) in [5.41, 5.74) is 0.699. The summed E-state index contributed by atoms with van der Waals surface area (Å²) in [7, 11) is 0. The molecule has 2 nitrogen and oxygen atoms in total. The van der Waals surface area contributed by atoms with E-state index in [0.29, 0.717) is 18.0 Å². The van der Waals surface area contributed by atoms with E-state index in [1.165, 1.54) is 24.6 Å². The fourth-order valence-corrected chi connectivity index (χ4v) is 1.91. The van der Waals surface area contributed by atoms with Crippen molar-refractivity contribution >= 4 is 0 Å². The first-order chi connectivity index (χ1) is 6.75. The predicted octanol–water partition coefficient (Wildman–Crippen LogP) is 1.83. The van der Waals surface area contributed by atoms with Crippen LogP contribution in [0.5, 0.6) is 5.75 Å². The monoisotopic (exact) mass is 195 g/mol. The number of hydrogen-bond acceptors (Lipinski definition) is 2. The second-order valence-corrected chi connectivity index (χ2v) is 3.77. The lowest BCUT2D eigenvalue weighted by Gasteiger charge is -2.11. The zero-order valence-corrected chi connectivity index (χ0v) is 7.96. The second kappa shape index (κ2) is 3.96. The zero-order valence-electron chi connectivity index (χ0n) is 7.96. The average molecular weight is 195 g/mol. The van der Waals surface area contributed by atoms with E-state index < -0.39 is 0 Å². The molecule has 3 heteroatoms. The molecule has 1 aromatic rings. The number of phenolic OH excluding ortho intramolecular Hbond substituents is 1. The third-order valence-electron chi connectivity index (χ3n) is 2.67. The lowest BCUT2D eigenvalue weighted by Crippen LogP contribution is -2.23. The van der Waals surface area contributed by atoms with E-state index in [2.05, 4.69) is 5.32 Å². The third-order valence-corrected chi connectivity index (χ3v) is 2.67. The Balaban J connectivity index is 2.10. The number of phenols is 1. The Morgan fingerprint density at radius 2 is 2.36 bits per heavy atom. The molecule has 76 valence electrons. The fourth-order valence-electron chi connectivity index (χ4n) is 1.91. The molecule has 0 aromatic heterocycles. The maximum absolute atomic E-state index is 12.9. The van der Waals surface area contributed by atoms with Crippen LogP contribution in [0.2, 0.25) is 0 Å². The van der Waals surface area contributed by atoms with Crippen LogP contribution in [0.15, 0.2) is 18.2 Å². The van der Waals surface area contributed by atoms with Gasteiger partial charge in [-0.25, -0.2) is 4.39 Å². The van der Waals surface area contributed by atoms with E-state index in [9.17, 15) is 9.50 Å². The molecule has 1 atom stereocenters. The molecule has 2 rings (SSSR count). The van der Waals surface area contributed by atoms with Crippen LogP contribution in [-0.2, 0) is 6.42 Å². The summed E-state index contributed by atoms with van der Waals surface area (Å²) in [6, 6.07) is 4.50. The van der Waals surface area contributed by atoms with Crippen molar-refractivity contribution in [2.75, 3.05) is 6.54 Å². The molecule has 0 amide bonds. The van der Waals surface area contributed by atoms with E-state index in [0.717, 1.165) is 13.0 Å². The molecule has 0 radical (unpaired) electrons. The van der Waals surface area contributed by atoms with Gasteiger partial charge in [-0.3, -0.25) is 0 Å². The standard InChI is InChI=1S/C11H14FNO/c12-9-3-4-11(14)8(6-9)7-10-2-1-5-13-10/h3-4,6,10,13-14H,1-2,5,7H2. The Morgan fingerprint density at radius 3 is 3.07 bits per heavy atom. The van der Waals surface area contributed by atoms with Crippen LogP contribution in [-0.4, -0.2) is 17.7 Å². The lowest BCUT2D eigenvalue weighted by molar-refractivity contribution is 0.459. The molecular formula is C11H14FNO. The zero-order chi connectivity index (χ0) is 9.97. The van der Waals surface area contributed by atoms with Gasteiger partial charge in [-0.15, -0.1) is 0 Å². The SMILES string of the molecule is Oc1ccc(F)cc1CC1CCCN1. The molecule has 1 aliphatic rings. The van der Waals surface area contributed by atoms with Crippen LogP contribution in [0.4, 0.5) is 4.39 Å². The molecule has 0 spiro atoms. The Bertz CT molecular complexity index is 321. The Hall–Kier alpha value is -1.09. The molecule has 0 bridgehead atoms. The largest absolute Gasteiger partial charge is 0.508 e. The van der Waals surface area contributed by atoms with E-state index in [1.54, 1.807) is 0 Å². The van der Waals surface area contributed by atoms with Gasteiger partial charge in [0.2, 0.25) is 0 Å². The van der Waals surface area contributed by atoms with Crippen molar-refractivity contribution < 1.29 is 9.50 Å². The number of aromatic hydroxyl groups is 1. The molecule has 1 saturated heterocycles. The van der Waals surface area contributed by atoms with Gasteiger partial charge >= 0.3 is 0 Å². The van der Waals surface area contributed by atoms with Crippen molar-refractivity contribution in [3.63, 3.8) is 0 Å². The Kier molecular flexibility index (Phi) is 2.68. The fraction of sp³-hybridized carbons (Fsp3) is 0.455. The predicted molar refractivity (Wildman–Crippen MR) is 52.8 cm³/mol. The van der Waals surface area contributed by atoms with Crippen LogP contribution in [0, 0.1) is 5.82 Å². The number of halogens is 1. The Morgan fingerprint density at radius 1 is 1.50 bits per heavy atom. The summed E-state index contributed by atoms with van der Waals surface area (Å²) in [5.74, 6) is -0.0871. The smallest absolute Gasteiger partial charge is 0.123 e. The highest BCUT2D eigenvalue weighted by molar-refractivity contribution is 5.33. The first-order valence-electron chi connectivity index (χ1n) is 4.96. The number of hydrogen-bond donors (Lipinski definition) is 2. The van der Waals surface area contributed by atoms with E-state index in [4.69, 9.17) is 0 Å². The molecule has 1 aliphatic heterocycles. The minimum atomic E-state index is -0.282. The Labute approximate surface area is 82.8 Å². The molecule has 0 saturated carbocycles. The van der Waals surface area contributed by atoms with Gasteiger partial charge in [0, 0.05) is 6.04 Å². The van der Waals surface area contributed by atoms with Crippen molar-refractivity contribution in [1.29, 1.82) is 0 Å². The van der Waals surface area contributed by atoms with Crippen molar-refractivity contribution in [2.24, 2.45) is 0 Å². The van der Waals surface area contributed by atoms with Crippen molar-refractivity contribution in [1.82, 2.24) is 5.32 Å². The minimum Gasteiger partial charge on any atom is -0.508 e. The topological polar surface area (TPSA) is 32.3 Å². The molecule has 1 aromatic carbocycles. The summed E-state index contributed by atoms with van der Waals surface area (Å²) in [4.78, 5) is 0. The average Bonchev–Trinajstić information content (AvgIpc) is 2.64. The van der Waals surface area contributed by atoms with Gasteiger partial charge in [0.15, 0.2) is 0 Å². The molecule has 14 heavy (non-hydrogen) atoms. The number of rotatable bonds is 2. The van der Waals surface area contributed by atoms with Gasteiger partial charge in [-0.05, 0) is 49.6 Å². The van der Waals surface area contributed by atoms with Gasteiger partial charge in [0.25, 0.3) is 0 Å². The summed E-state index contributed by atoms with van der Waals surface area (Å²) in [6.07, 6.45) is 2.99. The summed E-state index contributed by atoms with van der Waals surface area (Å²) >= 11 is 0. The van der Waals surface area contributed by atoms with Crippen LogP contribution in [0.1, 0.15) is 18.4 Å². The highest BCUT2D eigenvalue weighted by Gasteiger charge is 2.16. The van der Waals surface area contributed by atoms with Crippen LogP contribution >= 0.6 is 0 Å². The molecule has 1 fully saturated rings. The molecule has 1 heterocycles. The molecule has 1 unspecified atom stereocenters. The van der Waals surface area contributed by atoms with Crippen molar-refractivity contribution in [3.05, 3.63) is 29.6 Å². The quantitative estimate of drug-likeness (QED) is 0.754. The minimum absolute atomic E-state index is 0.195. The number of nitrogens with one attached hydrogen (secondary N) is 1. The van der Waals surface area contributed by atoms with Gasteiger partial charge in [-0.1, -0.05) is 0 Å². The highest BCUT2D eigenvalue weighted by Crippen LogP contribution is 2.21. The highest BCUT2D eigenvalue weighted by atomic mass is 19.1. The lowest BCUT2D eigenvalue weighted by atomic mass is 10.0. The first-order valence-corrected chi connectivity index (χ1v) is 4.96. The second-order valence-electron chi connectivity index (χ2n) is 3.77. The van der Waals surface area contributed by atoms with Gasteiger partial charge in [-0.2, -0.15) is 0 Å². The summed E-state index contributed by atoms with van der Waals surface area (Å²) in [5, 5.41) is 12.8.